The van der Waals surface area contributed by atoms with Crippen molar-refractivity contribution >= 4 is 0 Å². The van der Waals surface area contributed by atoms with Gasteiger partial charge in [0.1, 0.15) is 67.1 Å². The molecule has 0 aromatic heterocycles. The van der Waals surface area contributed by atoms with Gasteiger partial charge in [0.2, 0.25) is 0 Å². The molecule has 0 amide bonds. The number of nitrogens with two attached hydrogens (primary N) is 3. The van der Waals surface area contributed by atoms with Gasteiger partial charge in [0.25, 0.3) is 0 Å². The zero-order valence-electron chi connectivity index (χ0n) is 17.7. The number of hydrogen-bond acceptors (Lipinski definition) is 15. The fourth-order valence-corrected chi connectivity index (χ4v) is 4.35. The largest absolute Gasteiger partial charge is 0.394 e. The maximum absolute atomic E-state index is 10.9. The first kappa shape index (κ1) is 27.0. The molecule has 3 rings (SSSR count). The summed E-state index contributed by atoms with van der Waals surface area (Å²) in [6.07, 6.45) is -19.1. The normalized spacial score (nSPS) is 53.7. The van der Waals surface area contributed by atoms with Crippen LogP contribution in [-0.4, -0.2) is 146 Å². The lowest BCUT2D eigenvalue weighted by Crippen LogP contribution is -2.68. The molecule has 3 fully saturated rings. The molecule has 14 N–H and O–H groups in total. The van der Waals surface area contributed by atoms with Crippen LogP contribution in [0.2, 0.25) is 0 Å². The van der Waals surface area contributed by atoms with Crippen molar-refractivity contribution < 1.29 is 59.8 Å². The molecular formula is C18H35N3O12. The summed E-state index contributed by atoms with van der Waals surface area (Å²) in [7, 11) is 0. The smallest absolute Gasteiger partial charge is 0.187 e. The first-order valence-electron chi connectivity index (χ1n) is 10.7. The zero-order chi connectivity index (χ0) is 24.6. The predicted molar refractivity (Wildman–Crippen MR) is 106 cm³/mol. The van der Waals surface area contributed by atoms with E-state index in [0.717, 1.165) is 0 Å². The Hall–Kier alpha value is -0.600. The van der Waals surface area contributed by atoms with Crippen LogP contribution in [0.25, 0.3) is 0 Å². The minimum absolute atomic E-state index is 0.0537. The number of aliphatic hydroxyl groups excluding tert-OH is 8. The summed E-state index contributed by atoms with van der Waals surface area (Å²) in [5.41, 5.74) is 17.7. The summed E-state index contributed by atoms with van der Waals surface area (Å²) >= 11 is 0. The van der Waals surface area contributed by atoms with Crippen LogP contribution in [-0.2, 0) is 18.9 Å². The van der Waals surface area contributed by atoms with E-state index in [1.54, 1.807) is 0 Å². The van der Waals surface area contributed by atoms with Crippen LogP contribution >= 0.6 is 0 Å². The highest BCUT2D eigenvalue weighted by molar-refractivity contribution is 5.01. The fraction of sp³-hybridized carbons (Fsp3) is 1.00. The van der Waals surface area contributed by atoms with Gasteiger partial charge in [-0.25, -0.2) is 0 Å². The second-order valence-corrected chi connectivity index (χ2v) is 8.70. The highest BCUT2D eigenvalue weighted by atomic mass is 16.7. The lowest BCUT2D eigenvalue weighted by atomic mass is 9.84. The van der Waals surface area contributed by atoms with E-state index in [1.165, 1.54) is 0 Å². The van der Waals surface area contributed by atoms with Crippen molar-refractivity contribution in [3.63, 3.8) is 0 Å². The summed E-state index contributed by atoms with van der Waals surface area (Å²) in [5.74, 6) is 0. The van der Waals surface area contributed by atoms with Crippen molar-refractivity contribution in [1.29, 1.82) is 0 Å². The molecule has 2 heterocycles. The van der Waals surface area contributed by atoms with Crippen LogP contribution in [0.3, 0.4) is 0 Å². The molecule has 2 saturated heterocycles. The van der Waals surface area contributed by atoms with Crippen LogP contribution in [0.5, 0.6) is 0 Å². The Labute approximate surface area is 189 Å². The van der Waals surface area contributed by atoms with Gasteiger partial charge >= 0.3 is 0 Å². The molecule has 15 nitrogen and oxygen atoms in total. The van der Waals surface area contributed by atoms with Crippen molar-refractivity contribution in [3.8, 4) is 0 Å². The molecule has 194 valence electrons. The Bertz CT molecular complexity index is 582. The quantitative estimate of drug-likeness (QED) is 0.167. The van der Waals surface area contributed by atoms with Crippen molar-refractivity contribution in [2.75, 3.05) is 13.2 Å². The number of aliphatic hydroxyl groups is 8. The molecule has 2 aliphatic heterocycles. The Morgan fingerprint density at radius 2 is 1.06 bits per heavy atom. The minimum atomic E-state index is -1.72. The molecule has 0 bridgehead atoms. The Kier molecular flexibility index (Phi) is 8.99. The van der Waals surface area contributed by atoms with Gasteiger partial charge in [-0.15, -0.1) is 0 Å². The minimum Gasteiger partial charge on any atom is -0.394 e. The van der Waals surface area contributed by atoms with Crippen molar-refractivity contribution in [2.45, 2.75) is 98.2 Å². The second kappa shape index (κ2) is 11.0. The predicted octanol–water partition coefficient (Wildman–Crippen LogP) is -7.26. The molecule has 0 aromatic rings. The summed E-state index contributed by atoms with van der Waals surface area (Å²) in [4.78, 5) is 0. The molecule has 0 unspecified atom stereocenters. The highest BCUT2D eigenvalue weighted by Crippen LogP contribution is 2.31. The fourth-order valence-electron chi connectivity index (χ4n) is 4.35. The Balaban J connectivity index is 1.72. The van der Waals surface area contributed by atoms with Gasteiger partial charge in [0.15, 0.2) is 12.6 Å². The molecule has 0 aromatic carbocycles. The van der Waals surface area contributed by atoms with Crippen molar-refractivity contribution in [1.82, 2.24) is 0 Å². The average Bonchev–Trinajstić information content (AvgIpc) is 2.79. The molecule has 15 heteroatoms. The van der Waals surface area contributed by atoms with Crippen LogP contribution in [0, 0.1) is 0 Å². The van der Waals surface area contributed by atoms with E-state index in [1.807, 2.05) is 0 Å². The van der Waals surface area contributed by atoms with Gasteiger partial charge in [0, 0.05) is 18.6 Å². The number of hydrogen-bond donors (Lipinski definition) is 11. The van der Waals surface area contributed by atoms with Gasteiger partial charge in [-0.05, 0) is 6.42 Å². The molecule has 3 aliphatic rings. The van der Waals surface area contributed by atoms with Crippen LogP contribution < -0.4 is 17.2 Å². The second-order valence-electron chi connectivity index (χ2n) is 8.70. The summed E-state index contributed by atoms with van der Waals surface area (Å²) < 4.78 is 22.0. The van der Waals surface area contributed by atoms with Crippen LogP contribution in [0.1, 0.15) is 6.42 Å². The van der Waals surface area contributed by atoms with E-state index < -0.39 is 98.4 Å². The Morgan fingerprint density at radius 3 is 1.48 bits per heavy atom. The lowest BCUT2D eigenvalue weighted by molar-refractivity contribution is -0.339. The third-order valence-electron chi connectivity index (χ3n) is 6.39. The van der Waals surface area contributed by atoms with Gasteiger partial charge in [-0.3, -0.25) is 0 Å². The summed E-state index contributed by atoms with van der Waals surface area (Å²) in [5, 5.41) is 80.5. The van der Waals surface area contributed by atoms with Gasteiger partial charge in [0.05, 0.1) is 6.61 Å². The summed E-state index contributed by atoms with van der Waals surface area (Å²) in [6.45, 7) is -0.855. The van der Waals surface area contributed by atoms with Gasteiger partial charge in [-0.1, -0.05) is 0 Å². The standard InChI is InChI=1S/C18H35N3O12/c19-2-6-8(23)10(25)12(27)17(30-6)32-15-4(20)1-5(21)16(14(15)29)33-18-13(28)11(26)9(24)7(3-22)31-18/h4-18,22-29H,1-3,19-21H2/t4-,5+,6+,7+,8+,9+,10-,11-,12+,13+,14-,15+,16-,17+,18+/m0/s1. The van der Waals surface area contributed by atoms with E-state index in [0.29, 0.717) is 0 Å². The lowest BCUT2D eigenvalue weighted by Gasteiger charge is -2.48. The van der Waals surface area contributed by atoms with Gasteiger partial charge < -0.3 is 77.0 Å². The van der Waals surface area contributed by atoms with Crippen LogP contribution in [0.15, 0.2) is 0 Å². The van der Waals surface area contributed by atoms with Crippen LogP contribution in [0.4, 0.5) is 0 Å². The number of ether oxygens (including phenoxy) is 4. The zero-order valence-corrected chi connectivity index (χ0v) is 17.7. The number of rotatable bonds is 6. The summed E-state index contributed by atoms with van der Waals surface area (Å²) in [6, 6.07) is -1.73. The van der Waals surface area contributed by atoms with E-state index in [9.17, 15) is 40.9 Å². The van der Waals surface area contributed by atoms with E-state index in [-0.39, 0.29) is 13.0 Å². The molecule has 1 aliphatic carbocycles. The Morgan fingerprint density at radius 1 is 0.636 bits per heavy atom. The van der Waals surface area contributed by atoms with E-state index in [2.05, 4.69) is 0 Å². The molecule has 0 radical (unpaired) electrons. The molecule has 1 saturated carbocycles. The first-order valence-corrected chi connectivity index (χ1v) is 10.7. The SMILES string of the molecule is NC[C@H]1O[C@H](O[C@H]2[C@H](O)[C@@H](O[C@H]3O[C@H](CO)[C@@H](O)[C@H](O)[C@H]3O)[C@H](N)C[C@@H]2N)[C@H](O)[C@@H](O)[C@@H]1O. The average molecular weight is 485 g/mol. The van der Waals surface area contributed by atoms with E-state index >= 15 is 0 Å². The van der Waals surface area contributed by atoms with Crippen molar-refractivity contribution in [3.05, 3.63) is 0 Å². The third-order valence-corrected chi connectivity index (χ3v) is 6.39. The highest BCUT2D eigenvalue weighted by Gasteiger charge is 2.51. The molecule has 0 spiro atoms. The third kappa shape index (κ3) is 5.32. The molecule has 15 atom stereocenters. The molecule has 33 heavy (non-hydrogen) atoms. The van der Waals surface area contributed by atoms with Crippen molar-refractivity contribution in [2.24, 2.45) is 17.2 Å². The molecular weight excluding hydrogens is 450 g/mol. The monoisotopic (exact) mass is 485 g/mol. The maximum atomic E-state index is 10.9. The maximum Gasteiger partial charge on any atom is 0.187 e. The first-order chi connectivity index (χ1) is 15.5. The topological polar surface area (TPSA) is 277 Å². The van der Waals surface area contributed by atoms with E-state index in [4.69, 9.17) is 36.1 Å². The van der Waals surface area contributed by atoms with Gasteiger partial charge in [-0.2, -0.15) is 0 Å².